The third-order valence-electron chi connectivity index (χ3n) is 7.65. The standard InChI is InChI=1S/C24H25FN2O2/c25-19-7-5-16(6-8-19)21-20-4-2-1-3-15(20)9-10-27(21)23(28)29-22-17-11-18-12-24(18,22)14-26-13-17/h1-8,17-18,21-22,26H,9-14H2/t17-,18?,21-,22-,24-/m0/s1. The molecule has 2 aliphatic heterocycles. The lowest BCUT2D eigenvalue weighted by atomic mass is 9.88. The van der Waals surface area contributed by atoms with Crippen LogP contribution in [0.15, 0.2) is 48.5 Å². The lowest BCUT2D eigenvalue weighted by molar-refractivity contribution is -0.00896. The van der Waals surface area contributed by atoms with Gasteiger partial charge >= 0.3 is 6.09 Å². The highest BCUT2D eigenvalue weighted by Crippen LogP contribution is 2.67. The van der Waals surface area contributed by atoms with Crippen molar-refractivity contribution in [1.29, 1.82) is 0 Å². The van der Waals surface area contributed by atoms with Crippen LogP contribution in [0.2, 0.25) is 0 Å². The molecule has 0 radical (unpaired) electrons. The van der Waals surface area contributed by atoms with Crippen molar-refractivity contribution < 1.29 is 13.9 Å². The smallest absolute Gasteiger partial charge is 0.410 e. The molecular weight excluding hydrogens is 367 g/mol. The van der Waals surface area contributed by atoms with Crippen LogP contribution < -0.4 is 5.32 Å². The number of ether oxygens (including phenoxy) is 1. The second kappa shape index (κ2) is 6.30. The molecule has 0 aromatic heterocycles. The van der Waals surface area contributed by atoms with Gasteiger partial charge in [0.05, 0.1) is 6.04 Å². The first-order valence-corrected chi connectivity index (χ1v) is 10.7. The van der Waals surface area contributed by atoms with E-state index in [1.54, 1.807) is 12.1 Å². The van der Waals surface area contributed by atoms with E-state index in [2.05, 4.69) is 17.4 Å². The topological polar surface area (TPSA) is 41.6 Å². The number of nitrogens with zero attached hydrogens (tertiary/aromatic N) is 1. The molecule has 1 unspecified atom stereocenters. The Kier molecular flexibility index (Phi) is 3.79. The van der Waals surface area contributed by atoms with Crippen molar-refractivity contribution in [1.82, 2.24) is 10.2 Å². The molecule has 29 heavy (non-hydrogen) atoms. The van der Waals surface area contributed by atoms with Crippen molar-refractivity contribution in [3.8, 4) is 0 Å². The van der Waals surface area contributed by atoms with Crippen LogP contribution >= 0.6 is 0 Å². The molecule has 2 aromatic rings. The summed E-state index contributed by atoms with van der Waals surface area (Å²) in [5, 5.41) is 3.52. The van der Waals surface area contributed by atoms with Gasteiger partial charge in [-0.2, -0.15) is 0 Å². The van der Waals surface area contributed by atoms with Crippen LogP contribution in [0.3, 0.4) is 0 Å². The Bertz CT molecular complexity index is 962. The Hall–Kier alpha value is -2.40. The van der Waals surface area contributed by atoms with Crippen LogP contribution in [-0.4, -0.2) is 36.7 Å². The maximum absolute atomic E-state index is 13.5. The Labute approximate surface area is 170 Å². The molecule has 5 heteroatoms. The van der Waals surface area contributed by atoms with Gasteiger partial charge in [-0.25, -0.2) is 9.18 Å². The highest BCUT2D eigenvalue weighted by atomic mass is 19.1. The molecule has 150 valence electrons. The Morgan fingerprint density at radius 3 is 2.83 bits per heavy atom. The first kappa shape index (κ1) is 17.5. The molecule has 2 aromatic carbocycles. The number of hydrogen-bond acceptors (Lipinski definition) is 3. The zero-order chi connectivity index (χ0) is 19.6. The van der Waals surface area contributed by atoms with Crippen LogP contribution in [0, 0.1) is 23.1 Å². The SMILES string of the molecule is O=C(O[C@H]1[C@@H]2CNC[C@]13CC3C2)N1CCc2ccccc2[C@@H]1c1ccc(F)cc1. The molecular formula is C24H25FN2O2. The van der Waals surface area contributed by atoms with E-state index < -0.39 is 0 Å². The average Bonchev–Trinajstić information content (AvgIpc) is 3.38. The molecule has 6 rings (SSSR count). The normalized spacial score (nSPS) is 34.3. The minimum absolute atomic E-state index is 0.0345. The van der Waals surface area contributed by atoms with Gasteiger partial charge in [0.15, 0.2) is 0 Å². The highest BCUT2D eigenvalue weighted by molar-refractivity contribution is 5.70. The number of benzene rings is 2. The first-order valence-electron chi connectivity index (χ1n) is 10.7. The maximum Gasteiger partial charge on any atom is 0.410 e. The van der Waals surface area contributed by atoms with Gasteiger partial charge in [-0.05, 0) is 54.0 Å². The van der Waals surface area contributed by atoms with Gasteiger partial charge in [-0.1, -0.05) is 36.4 Å². The monoisotopic (exact) mass is 392 g/mol. The summed E-state index contributed by atoms with van der Waals surface area (Å²) in [7, 11) is 0. The van der Waals surface area contributed by atoms with E-state index in [9.17, 15) is 9.18 Å². The van der Waals surface area contributed by atoms with Crippen molar-refractivity contribution in [3.63, 3.8) is 0 Å². The van der Waals surface area contributed by atoms with Gasteiger partial charge in [-0.15, -0.1) is 0 Å². The third-order valence-corrected chi connectivity index (χ3v) is 7.65. The third kappa shape index (κ3) is 2.63. The first-order chi connectivity index (χ1) is 14.2. The molecule has 3 fully saturated rings. The van der Waals surface area contributed by atoms with Crippen molar-refractivity contribution in [2.45, 2.75) is 31.4 Å². The molecule has 4 aliphatic rings. The Morgan fingerprint density at radius 1 is 1.17 bits per heavy atom. The second-order valence-corrected chi connectivity index (χ2v) is 9.16. The van der Waals surface area contributed by atoms with Crippen LogP contribution in [0.1, 0.15) is 35.6 Å². The molecule has 4 nitrogen and oxygen atoms in total. The zero-order valence-corrected chi connectivity index (χ0v) is 16.3. The highest BCUT2D eigenvalue weighted by Gasteiger charge is 2.69. The maximum atomic E-state index is 13.5. The fourth-order valence-corrected chi connectivity index (χ4v) is 6.18. The number of hydrogen-bond donors (Lipinski definition) is 1. The molecule has 1 saturated heterocycles. The number of piperidine rings is 1. The van der Waals surface area contributed by atoms with E-state index in [-0.39, 0.29) is 29.5 Å². The minimum Gasteiger partial charge on any atom is -0.445 e. The molecule has 2 saturated carbocycles. The molecule has 1 N–H and O–H groups in total. The molecule has 5 atom stereocenters. The van der Waals surface area contributed by atoms with E-state index in [1.165, 1.54) is 30.5 Å². The van der Waals surface area contributed by atoms with Gasteiger partial charge in [0.2, 0.25) is 0 Å². The summed E-state index contributed by atoms with van der Waals surface area (Å²) >= 11 is 0. The van der Waals surface area contributed by atoms with Crippen LogP contribution in [-0.2, 0) is 11.2 Å². The van der Waals surface area contributed by atoms with E-state index in [0.29, 0.717) is 12.5 Å². The number of carbonyl (C=O) groups is 1. The van der Waals surface area contributed by atoms with Gasteiger partial charge in [-0.3, -0.25) is 4.90 Å². The molecule has 2 bridgehead atoms. The number of carbonyl (C=O) groups excluding carboxylic acids is 1. The largest absolute Gasteiger partial charge is 0.445 e. The van der Waals surface area contributed by atoms with Gasteiger partial charge in [0, 0.05) is 31.0 Å². The van der Waals surface area contributed by atoms with Gasteiger partial charge in [0.25, 0.3) is 0 Å². The summed E-state index contributed by atoms with van der Waals surface area (Å²) in [6.07, 6.45) is 2.98. The second-order valence-electron chi connectivity index (χ2n) is 9.16. The summed E-state index contributed by atoms with van der Waals surface area (Å²) in [6, 6.07) is 14.5. The summed E-state index contributed by atoms with van der Waals surface area (Å²) in [6.45, 7) is 2.53. The van der Waals surface area contributed by atoms with E-state index in [4.69, 9.17) is 4.74 Å². The fraction of sp³-hybridized carbons (Fsp3) is 0.458. The van der Waals surface area contributed by atoms with Gasteiger partial charge < -0.3 is 10.1 Å². The molecule has 1 amide bonds. The lowest BCUT2D eigenvalue weighted by Crippen LogP contribution is -2.50. The molecule has 1 spiro atoms. The van der Waals surface area contributed by atoms with Gasteiger partial charge in [0.1, 0.15) is 11.9 Å². The quantitative estimate of drug-likeness (QED) is 0.843. The van der Waals surface area contributed by atoms with E-state index in [1.807, 2.05) is 17.0 Å². The van der Waals surface area contributed by atoms with Crippen molar-refractivity contribution in [2.75, 3.05) is 19.6 Å². The molecule has 2 heterocycles. The number of amides is 1. The number of halogens is 1. The van der Waals surface area contributed by atoms with Crippen molar-refractivity contribution >= 4 is 6.09 Å². The van der Waals surface area contributed by atoms with Crippen LogP contribution in [0.4, 0.5) is 9.18 Å². The average molecular weight is 392 g/mol. The predicted molar refractivity (Wildman–Crippen MR) is 107 cm³/mol. The summed E-state index contributed by atoms with van der Waals surface area (Å²) in [5.74, 6) is 0.889. The Morgan fingerprint density at radius 2 is 2.00 bits per heavy atom. The van der Waals surface area contributed by atoms with Crippen molar-refractivity contribution in [3.05, 3.63) is 71.0 Å². The minimum atomic E-state index is -0.267. The molecule has 2 aliphatic carbocycles. The number of nitrogens with one attached hydrogen (secondary N) is 1. The summed E-state index contributed by atoms with van der Waals surface area (Å²) in [4.78, 5) is 15.3. The zero-order valence-electron chi connectivity index (χ0n) is 16.3. The van der Waals surface area contributed by atoms with Crippen molar-refractivity contribution in [2.24, 2.45) is 17.3 Å². The number of fused-ring (bicyclic) bond motifs is 2. The van der Waals surface area contributed by atoms with Crippen LogP contribution in [0.5, 0.6) is 0 Å². The van der Waals surface area contributed by atoms with E-state index >= 15 is 0 Å². The summed E-state index contributed by atoms with van der Waals surface area (Å²) in [5.41, 5.74) is 3.45. The number of rotatable bonds is 2. The van der Waals surface area contributed by atoms with Crippen LogP contribution in [0.25, 0.3) is 0 Å². The predicted octanol–water partition coefficient (Wildman–Crippen LogP) is 3.91. The fourth-order valence-electron chi connectivity index (χ4n) is 6.18. The van der Waals surface area contributed by atoms with E-state index in [0.717, 1.165) is 36.6 Å². The Balaban J connectivity index is 1.32. The lowest BCUT2D eigenvalue weighted by Gasteiger charge is -2.40. The summed E-state index contributed by atoms with van der Waals surface area (Å²) < 4.78 is 19.8.